The Balaban J connectivity index is 0.000000260. The zero-order valence-corrected chi connectivity index (χ0v) is 85.9. The van der Waals surface area contributed by atoms with Gasteiger partial charge in [0.25, 0.3) is 27.8 Å². The van der Waals surface area contributed by atoms with Crippen LogP contribution in [0.3, 0.4) is 0 Å². The molecule has 5 aliphatic heterocycles. The smallest absolute Gasteiger partial charge is 0.330 e. The molecule has 760 valence electrons. The lowest BCUT2D eigenvalue weighted by Crippen LogP contribution is -2.42. The number of ether oxygens (including phenoxy) is 5. The van der Waals surface area contributed by atoms with Crippen molar-refractivity contribution in [3.05, 3.63) is 181 Å². The lowest BCUT2D eigenvalue weighted by Gasteiger charge is -2.20. The van der Waals surface area contributed by atoms with Crippen molar-refractivity contribution in [3.8, 4) is 0 Å². The van der Waals surface area contributed by atoms with E-state index in [4.69, 9.17) is 41.0 Å². The summed E-state index contributed by atoms with van der Waals surface area (Å²) in [5.41, 5.74) is -2.06. The summed E-state index contributed by atoms with van der Waals surface area (Å²) >= 11 is 5.26. The maximum Gasteiger partial charge on any atom is 0.330 e. The van der Waals surface area contributed by atoms with Crippen LogP contribution in [-0.4, -0.2) is 355 Å². The minimum atomic E-state index is -1.35. The number of carbonyl (C=O) groups is 3. The summed E-state index contributed by atoms with van der Waals surface area (Å²) in [6, 6.07) is 0. The monoisotopic (exact) mass is 2020 g/mol. The van der Waals surface area contributed by atoms with Crippen molar-refractivity contribution in [1.29, 1.82) is 0 Å². The fraction of sp³-hybridized carbons (Fsp3) is 0.640. The average molecular weight is 2020 g/mol. The first-order valence-electron chi connectivity index (χ1n) is 44.3. The van der Waals surface area contributed by atoms with Crippen molar-refractivity contribution in [2.24, 2.45) is 13.0 Å². The van der Waals surface area contributed by atoms with Crippen LogP contribution < -0.4 is 61.2 Å². The SMILES string of the molecule is C=P(C)(C)CC[C@H]1O[C@@H](c2cn(C)c(=O)n(CCC(C)C(=O)O)c2=O)[C@H](O)[C@@H]1O.C=P(C)(C)CC[C@H]1O[C@@H](n2cc(CC(C)=O)c(=O)[nH]c2=O)[C@H](O)[C@@H]1O.C=P(C)(C)CC[C@H]1O[C@@H](n2cc(CC(C)=O)c(=O)[nH]c2=O)[C@H](O)[C@@H]1O.C=P(C)(C)CC[C@H]1O[C@@H](n2cc(CNCC=C(C)C)c(=O)[nH]c2=O)[C@H](O)[C@@H]1O.C=P(C)(C)CC[C@H]1O[C@@H](n2cc(CNCC=C(C)C)c(=O)[nH]c2=S)[C@H](O)[C@@H]1O. The van der Waals surface area contributed by atoms with Crippen LogP contribution >= 0.6 is 46.6 Å². The molecule has 0 spiro atoms. The number of Topliss-reactive ketones (excluding diaryl/α,β-unsaturated/α-hetero) is 2. The van der Waals surface area contributed by atoms with Gasteiger partial charge in [-0.05, 0) is 190 Å². The van der Waals surface area contributed by atoms with Crippen LogP contribution in [0.1, 0.15) is 146 Å². The zero-order chi connectivity index (χ0) is 102. The molecule has 40 nitrogen and oxygen atoms in total. The van der Waals surface area contributed by atoms with Gasteiger partial charge >= 0.3 is 28.7 Å². The van der Waals surface area contributed by atoms with Crippen molar-refractivity contribution in [3.63, 3.8) is 0 Å². The van der Waals surface area contributed by atoms with Crippen LogP contribution in [0.15, 0.2) is 97.4 Å². The largest absolute Gasteiger partial charge is 0.481 e. The first-order chi connectivity index (χ1) is 62.3. The van der Waals surface area contributed by atoms with E-state index in [1.807, 2.05) is 39.8 Å². The second-order valence-corrected chi connectivity index (χ2v) is 61.3. The van der Waals surface area contributed by atoms with Gasteiger partial charge in [0.15, 0.2) is 29.7 Å². The van der Waals surface area contributed by atoms with Crippen LogP contribution in [0.2, 0.25) is 0 Å². The van der Waals surface area contributed by atoms with Gasteiger partial charge in [-0.3, -0.25) is 81.1 Å². The summed E-state index contributed by atoms with van der Waals surface area (Å²) in [6.45, 7) is 28.1. The standard InChI is InChI=1S/C19H32N3O5P.C19H32N3O4PS.C19H31N2O7P.2C16H25N2O6P/c1-12(2)6-8-20-10-13-11-22(19(26)21-17(13)25)18-16(24)15(23)14(27-18)7-9-28(3,4)5;1-12(2)6-8-20-10-13-11-22(19(28)21-17(13)25)18-16(24)15(23)14(26-18)7-9-27(3,4)5;1-11(18(25)26)6-8-21-17(24)12(10-20(2)19(21)27)16-15(23)14(22)13(28-16)7-9-29(3,4)5;2*1-9(19)7-10-8-18(16(23)17-14(10)22)15-13(21)12(20)11(24-15)5-6-25(2,3)4/h6,11,14-16,18,20,23-24H,3,7-10H2,1-2,4-5H3,(H,21,25,26);6,11,14-16,18,20,23-24H,3,7-10H2,1-2,4-5H3,(H,21,25,28);10-11,13-16,22-23H,3,6-9H2,1-2,4-5H3,(H,25,26);2*8,11-13,15,20-21H,2,5-7H2,1,3-4H3,(H,17,22,23)/t2*14-,15-,16-,18-;11?,13-,14-,15-,16+;2*11-,12-,13-,15-/m11111/s1. The number of hydrogen-bond acceptors (Lipinski definition) is 30. The van der Waals surface area contributed by atoms with Crippen molar-refractivity contribution in [1.82, 2.24) is 58.0 Å². The van der Waals surface area contributed by atoms with Gasteiger partial charge in [-0.25, -0.2) is 19.2 Å². The number of ketones is 2. The molecule has 17 N–H and O–H groups in total. The fourth-order valence-electron chi connectivity index (χ4n) is 14.9. The number of aromatic nitrogens is 10. The van der Waals surface area contributed by atoms with Gasteiger partial charge in [-0.1, -0.05) is 30.2 Å². The van der Waals surface area contributed by atoms with E-state index < -0.39 is 214 Å². The number of carboxylic acid groups (broad SMARTS) is 1. The highest BCUT2D eigenvalue weighted by molar-refractivity contribution is 7.73. The van der Waals surface area contributed by atoms with Crippen molar-refractivity contribution < 1.29 is 94.2 Å². The summed E-state index contributed by atoms with van der Waals surface area (Å²) in [5, 5.41) is 119. The summed E-state index contributed by atoms with van der Waals surface area (Å²) in [4.78, 5) is 152. The maximum absolute atomic E-state index is 12.9. The number of aliphatic hydroxyl groups excluding tert-OH is 10. The van der Waals surface area contributed by atoms with Gasteiger partial charge in [0.2, 0.25) is 0 Å². The Morgan fingerprint density at radius 3 is 1.01 bits per heavy atom. The molecule has 5 saturated heterocycles. The molecule has 5 fully saturated rings. The Morgan fingerprint density at radius 2 is 0.711 bits per heavy atom. The molecular formula is C89H145N12O28P5S. The maximum atomic E-state index is 12.9. The van der Waals surface area contributed by atoms with Crippen LogP contribution in [0.5, 0.6) is 0 Å². The van der Waals surface area contributed by atoms with Gasteiger partial charge in [0, 0.05) is 106 Å². The molecular weight excluding hydrogens is 1870 g/mol. The summed E-state index contributed by atoms with van der Waals surface area (Å²) in [7, 11) is 1.47. The van der Waals surface area contributed by atoms with E-state index in [9.17, 15) is 109 Å². The molecule has 46 heteroatoms. The van der Waals surface area contributed by atoms with Crippen LogP contribution in [0.4, 0.5) is 0 Å². The lowest BCUT2D eigenvalue weighted by molar-refractivity contribution is -0.141. The normalized spacial score (nSPS) is 25.9. The number of aryl methyl sites for hydroxylation is 1. The average Bonchev–Trinajstić information content (AvgIpc) is 1.66. The van der Waals surface area contributed by atoms with E-state index in [0.29, 0.717) is 62.9 Å². The molecule has 0 bridgehead atoms. The van der Waals surface area contributed by atoms with E-state index in [1.165, 1.54) is 67.3 Å². The molecule has 0 amide bonds. The quantitative estimate of drug-likeness (QED) is 0.0113. The summed E-state index contributed by atoms with van der Waals surface area (Å²) in [6.07, 6.45) is 17.8. The Morgan fingerprint density at radius 1 is 0.430 bits per heavy atom. The van der Waals surface area contributed by atoms with Crippen molar-refractivity contribution in [2.75, 3.05) is 111 Å². The van der Waals surface area contributed by atoms with Crippen molar-refractivity contribution in [2.45, 2.75) is 242 Å². The van der Waals surface area contributed by atoms with E-state index >= 15 is 0 Å². The number of H-pyrrole nitrogens is 4. The second kappa shape index (κ2) is 50.4. The van der Waals surface area contributed by atoms with Gasteiger partial charge < -0.3 is 95.1 Å². The molecule has 0 saturated carbocycles. The van der Waals surface area contributed by atoms with Gasteiger partial charge in [-0.15, -0.1) is 65.9 Å². The lowest BCUT2D eigenvalue weighted by atomic mass is 10.0. The number of carbonyl (C=O) groups excluding carboxylic acids is 2. The third kappa shape index (κ3) is 35.0. The van der Waals surface area contributed by atoms with Gasteiger partial charge in [0.05, 0.1) is 42.0 Å². The van der Waals surface area contributed by atoms with E-state index in [1.54, 1.807) is 6.20 Å². The number of rotatable bonds is 36. The topological polar surface area (TPSA) is 590 Å². The van der Waals surface area contributed by atoms with Gasteiger partial charge in [-0.2, -0.15) is 0 Å². The minimum Gasteiger partial charge on any atom is -0.481 e. The predicted molar refractivity (Wildman–Crippen MR) is 538 cm³/mol. The van der Waals surface area contributed by atoms with E-state index in [-0.39, 0.29) is 70.9 Å². The molecule has 1 unspecified atom stereocenters. The van der Waals surface area contributed by atoms with Crippen LogP contribution in [-0.2, 0) is 77.6 Å². The first-order valence-corrected chi connectivity index (χ1v) is 60.0. The molecule has 0 radical (unpaired) electrons. The molecule has 0 aromatic carbocycles. The molecule has 5 aromatic heterocycles. The fourth-order valence-corrected chi connectivity index (χ4v) is 19.9. The number of aliphatic carboxylic acids is 1. The van der Waals surface area contributed by atoms with Crippen LogP contribution in [0, 0.1) is 10.7 Å². The van der Waals surface area contributed by atoms with Crippen LogP contribution in [0.25, 0.3) is 0 Å². The summed E-state index contributed by atoms with van der Waals surface area (Å²) in [5.74, 6) is -2.20. The number of nitrogens with one attached hydrogen (secondary N) is 6. The number of carboxylic acids is 1. The highest BCUT2D eigenvalue weighted by atomic mass is 32.1. The Bertz CT molecular complexity index is 5630. The second-order valence-electron chi connectivity index (χ2n) is 39.3. The number of allylic oxidation sites excluding steroid dienone is 2. The number of aliphatic hydroxyl groups is 10. The van der Waals surface area contributed by atoms with E-state index in [2.05, 4.69) is 129 Å². The Labute approximate surface area is 789 Å². The van der Waals surface area contributed by atoms with E-state index in [0.717, 1.165) is 54.7 Å². The number of hydrogen-bond donors (Lipinski definition) is 17. The minimum absolute atomic E-state index is 0.0628. The molecule has 10 heterocycles. The number of nitrogens with zero attached hydrogens (tertiary/aromatic N) is 6. The molecule has 21 atom stereocenters. The first kappa shape index (κ1) is 117. The molecule has 135 heavy (non-hydrogen) atoms. The molecule has 0 aliphatic carbocycles. The highest BCUT2D eigenvalue weighted by Gasteiger charge is 2.49. The molecule has 5 aliphatic rings. The third-order valence-corrected chi connectivity index (χ3v) is 30.4. The Hall–Kier alpha value is -7.07. The molecule has 10 rings (SSSR count). The summed E-state index contributed by atoms with van der Waals surface area (Å²) < 4.78 is 36.0. The predicted octanol–water partition coefficient (Wildman–Crippen LogP) is 0.683. The van der Waals surface area contributed by atoms with Crippen molar-refractivity contribution >= 4 is 95.7 Å². The molecule has 5 aromatic rings. The Kier molecular flexibility index (Phi) is 43.5. The third-order valence-electron chi connectivity index (χ3n) is 22.8. The van der Waals surface area contributed by atoms with Gasteiger partial charge in [0.1, 0.15) is 78.7 Å². The highest BCUT2D eigenvalue weighted by Crippen LogP contribution is 2.45. The zero-order valence-electron chi connectivity index (χ0n) is 80.6. The number of aromatic amines is 4.